The Balaban J connectivity index is 1.92. The smallest absolute Gasteiger partial charge is 0.308 e. The van der Waals surface area contributed by atoms with Crippen molar-refractivity contribution >= 4 is 11.9 Å². The molecule has 1 aromatic carbocycles. The molecule has 0 aromatic heterocycles. The SMILES string of the molecule is CC(C)C(CNC(=O)C1Cc2ccccc21)C(=O)O. The molecule has 102 valence electrons. The summed E-state index contributed by atoms with van der Waals surface area (Å²) in [7, 11) is 0. The fourth-order valence-corrected chi connectivity index (χ4v) is 2.43. The van der Waals surface area contributed by atoms with E-state index in [4.69, 9.17) is 5.11 Å². The van der Waals surface area contributed by atoms with Crippen LogP contribution in [-0.4, -0.2) is 23.5 Å². The Morgan fingerprint density at radius 3 is 2.63 bits per heavy atom. The van der Waals surface area contributed by atoms with Crippen molar-refractivity contribution in [2.75, 3.05) is 6.54 Å². The second kappa shape index (κ2) is 5.43. The molecule has 0 bridgehead atoms. The van der Waals surface area contributed by atoms with Crippen molar-refractivity contribution in [2.24, 2.45) is 11.8 Å². The normalized spacial score (nSPS) is 18.4. The van der Waals surface area contributed by atoms with Crippen LogP contribution in [0.3, 0.4) is 0 Å². The number of hydrogen-bond acceptors (Lipinski definition) is 2. The summed E-state index contributed by atoms with van der Waals surface area (Å²) in [6, 6.07) is 7.87. The summed E-state index contributed by atoms with van der Waals surface area (Å²) in [6.45, 7) is 3.90. The summed E-state index contributed by atoms with van der Waals surface area (Å²) < 4.78 is 0. The molecule has 2 rings (SSSR count). The van der Waals surface area contributed by atoms with Crippen molar-refractivity contribution in [1.29, 1.82) is 0 Å². The van der Waals surface area contributed by atoms with Crippen LogP contribution in [-0.2, 0) is 16.0 Å². The highest BCUT2D eigenvalue weighted by atomic mass is 16.4. The zero-order valence-electron chi connectivity index (χ0n) is 11.2. The van der Waals surface area contributed by atoms with Gasteiger partial charge in [-0.15, -0.1) is 0 Å². The van der Waals surface area contributed by atoms with Gasteiger partial charge in [-0.25, -0.2) is 0 Å². The number of carbonyl (C=O) groups is 2. The molecule has 0 saturated heterocycles. The van der Waals surface area contributed by atoms with Gasteiger partial charge in [-0.3, -0.25) is 9.59 Å². The molecule has 2 unspecified atom stereocenters. The van der Waals surface area contributed by atoms with Gasteiger partial charge in [0.15, 0.2) is 0 Å². The lowest BCUT2D eigenvalue weighted by molar-refractivity contribution is -0.143. The van der Waals surface area contributed by atoms with E-state index in [9.17, 15) is 9.59 Å². The van der Waals surface area contributed by atoms with Gasteiger partial charge in [0.05, 0.1) is 11.8 Å². The van der Waals surface area contributed by atoms with E-state index in [1.807, 2.05) is 38.1 Å². The lowest BCUT2D eigenvalue weighted by atomic mass is 9.77. The molecule has 1 amide bonds. The first-order valence-electron chi connectivity index (χ1n) is 6.59. The summed E-state index contributed by atoms with van der Waals surface area (Å²) in [5.41, 5.74) is 2.28. The third kappa shape index (κ3) is 2.78. The van der Waals surface area contributed by atoms with Crippen LogP contribution in [0.2, 0.25) is 0 Å². The zero-order chi connectivity index (χ0) is 14.0. The Morgan fingerprint density at radius 1 is 1.37 bits per heavy atom. The van der Waals surface area contributed by atoms with E-state index < -0.39 is 11.9 Å². The third-order valence-corrected chi connectivity index (χ3v) is 3.79. The number of benzene rings is 1. The number of carboxylic acid groups (broad SMARTS) is 1. The van der Waals surface area contributed by atoms with Gasteiger partial charge in [0.25, 0.3) is 0 Å². The van der Waals surface area contributed by atoms with Gasteiger partial charge in [0.1, 0.15) is 0 Å². The summed E-state index contributed by atoms with van der Waals surface area (Å²) in [4.78, 5) is 23.1. The van der Waals surface area contributed by atoms with Gasteiger partial charge in [-0.1, -0.05) is 38.1 Å². The molecule has 0 saturated carbocycles. The molecule has 0 fully saturated rings. The standard InChI is InChI=1S/C15H19NO3/c1-9(2)13(15(18)19)8-16-14(17)12-7-10-5-3-4-6-11(10)12/h3-6,9,12-13H,7-8H2,1-2H3,(H,16,17)(H,18,19). The predicted molar refractivity (Wildman–Crippen MR) is 71.9 cm³/mol. The molecule has 0 heterocycles. The van der Waals surface area contributed by atoms with E-state index in [0.29, 0.717) is 0 Å². The van der Waals surface area contributed by atoms with E-state index in [1.54, 1.807) is 0 Å². The predicted octanol–water partition coefficient (Wildman–Crippen LogP) is 1.80. The van der Waals surface area contributed by atoms with Crippen LogP contribution in [0.1, 0.15) is 30.9 Å². The van der Waals surface area contributed by atoms with Crippen molar-refractivity contribution in [3.63, 3.8) is 0 Å². The lowest BCUT2D eigenvalue weighted by Crippen LogP contribution is -2.40. The minimum atomic E-state index is -0.857. The molecule has 2 N–H and O–H groups in total. The molecule has 1 aromatic rings. The van der Waals surface area contributed by atoms with Gasteiger partial charge in [-0.2, -0.15) is 0 Å². The zero-order valence-corrected chi connectivity index (χ0v) is 11.2. The maximum Gasteiger partial charge on any atom is 0.308 e. The van der Waals surface area contributed by atoms with Crippen LogP contribution < -0.4 is 5.32 Å². The van der Waals surface area contributed by atoms with Crippen molar-refractivity contribution in [1.82, 2.24) is 5.32 Å². The summed E-state index contributed by atoms with van der Waals surface area (Å²) in [5.74, 6) is -1.56. The Hall–Kier alpha value is -1.84. The number of hydrogen-bond donors (Lipinski definition) is 2. The molecule has 0 aliphatic heterocycles. The first-order valence-corrected chi connectivity index (χ1v) is 6.59. The number of fused-ring (bicyclic) bond motifs is 1. The topological polar surface area (TPSA) is 66.4 Å². The average Bonchev–Trinajstić information content (AvgIpc) is 2.30. The number of carboxylic acids is 1. The second-order valence-corrected chi connectivity index (χ2v) is 5.39. The minimum Gasteiger partial charge on any atom is -0.481 e. The van der Waals surface area contributed by atoms with Gasteiger partial charge < -0.3 is 10.4 Å². The fraction of sp³-hybridized carbons (Fsp3) is 0.467. The van der Waals surface area contributed by atoms with E-state index in [1.165, 1.54) is 5.56 Å². The van der Waals surface area contributed by atoms with Crippen LogP contribution in [0, 0.1) is 11.8 Å². The van der Waals surface area contributed by atoms with Gasteiger partial charge in [-0.05, 0) is 23.5 Å². The van der Waals surface area contributed by atoms with E-state index in [2.05, 4.69) is 5.32 Å². The molecule has 4 heteroatoms. The second-order valence-electron chi connectivity index (χ2n) is 5.39. The van der Waals surface area contributed by atoms with E-state index in [-0.39, 0.29) is 24.3 Å². The molecule has 19 heavy (non-hydrogen) atoms. The van der Waals surface area contributed by atoms with Crippen LogP contribution in [0.15, 0.2) is 24.3 Å². The quantitative estimate of drug-likeness (QED) is 0.849. The van der Waals surface area contributed by atoms with Crippen molar-refractivity contribution in [3.05, 3.63) is 35.4 Å². The highest BCUT2D eigenvalue weighted by molar-refractivity contribution is 5.87. The highest BCUT2D eigenvalue weighted by Crippen LogP contribution is 2.34. The number of nitrogens with one attached hydrogen (secondary N) is 1. The van der Waals surface area contributed by atoms with Gasteiger partial charge >= 0.3 is 5.97 Å². The molecule has 0 spiro atoms. The van der Waals surface area contributed by atoms with E-state index >= 15 is 0 Å². The summed E-state index contributed by atoms with van der Waals surface area (Å²) in [6.07, 6.45) is 0.751. The number of amides is 1. The monoisotopic (exact) mass is 261 g/mol. The first-order chi connectivity index (χ1) is 9.00. The highest BCUT2D eigenvalue weighted by Gasteiger charge is 2.32. The number of rotatable bonds is 5. The molecule has 4 nitrogen and oxygen atoms in total. The summed E-state index contributed by atoms with van der Waals surface area (Å²) in [5, 5.41) is 11.8. The van der Waals surface area contributed by atoms with Crippen molar-refractivity contribution in [3.8, 4) is 0 Å². The maximum absolute atomic E-state index is 12.0. The molecule has 2 atom stereocenters. The average molecular weight is 261 g/mol. The molecule has 0 radical (unpaired) electrons. The van der Waals surface area contributed by atoms with Crippen molar-refractivity contribution < 1.29 is 14.7 Å². The van der Waals surface area contributed by atoms with Gasteiger partial charge in [0.2, 0.25) is 5.91 Å². The first kappa shape index (κ1) is 13.6. The molecule has 1 aliphatic carbocycles. The number of aliphatic carboxylic acids is 1. The van der Waals surface area contributed by atoms with Crippen LogP contribution in [0.5, 0.6) is 0 Å². The molecular formula is C15H19NO3. The Labute approximate surface area is 112 Å². The van der Waals surface area contributed by atoms with Crippen molar-refractivity contribution in [2.45, 2.75) is 26.2 Å². The minimum absolute atomic E-state index is 0.00600. The maximum atomic E-state index is 12.0. The van der Waals surface area contributed by atoms with Crippen LogP contribution in [0.4, 0.5) is 0 Å². The Kier molecular flexibility index (Phi) is 3.88. The Bertz CT molecular complexity index is 496. The molecular weight excluding hydrogens is 242 g/mol. The third-order valence-electron chi connectivity index (χ3n) is 3.79. The largest absolute Gasteiger partial charge is 0.481 e. The van der Waals surface area contributed by atoms with Gasteiger partial charge in [0, 0.05) is 6.54 Å². The molecule has 1 aliphatic rings. The van der Waals surface area contributed by atoms with Crippen LogP contribution in [0.25, 0.3) is 0 Å². The van der Waals surface area contributed by atoms with Crippen LogP contribution >= 0.6 is 0 Å². The lowest BCUT2D eigenvalue weighted by Gasteiger charge is -2.29. The summed E-state index contributed by atoms with van der Waals surface area (Å²) >= 11 is 0. The number of carbonyl (C=O) groups excluding carboxylic acids is 1. The fourth-order valence-electron chi connectivity index (χ4n) is 2.43. The van der Waals surface area contributed by atoms with E-state index in [0.717, 1.165) is 12.0 Å². The Morgan fingerprint density at radius 2 is 2.05 bits per heavy atom.